The number of halogens is 1. The van der Waals surface area contributed by atoms with Gasteiger partial charge in [0, 0.05) is 18.7 Å². The van der Waals surface area contributed by atoms with Gasteiger partial charge in [0.15, 0.2) is 0 Å². The van der Waals surface area contributed by atoms with Crippen molar-refractivity contribution in [1.82, 2.24) is 15.2 Å². The Balaban J connectivity index is 1.99. The maximum absolute atomic E-state index is 13.0. The Morgan fingerprint density at radius 1 is 1.25 bits per heavy atom. The van der Waals surface area contributed by atoms with Crippen molar-refractivity contribution >= 4 is 5.91 Å². The van der Waals surface area contributed by atoms with E-state index in [9.17, 15) is 9.18 Å². The monoisotopic (exact) mass is 333 g/mol. The highest BCUT2D eigenvalue weighted by molar-refractivity contribution is 5.77. The molecule has 1 amide bonds. The summed E-state index contributed by atoms with van der Waals surface area (Å²) >= 11 is 0. The maximum Gasteiger partial charge on any atom is 0.234 e. The van der Waals surface area contributed by atoms with Crippen molar-refractivity contribution in [3.05, 3.63) is 42.0 Å². The Kier molecular flexibility index (Phi) is 6.93. The Hall–Kier alpha value is -2.21. The second-order valence-corrected chi connectivity index (χ2v) is 5.71. The number of aromatic nitrogens is 1. The van der Waals surface area contributed by atoms with Crippen LogP contribution in [0.15, 0.2) is 34.9 Å². The Labute approximate surface area is 141 Å². The zero-order valence-electron chi connectivity index (χ0n) is 14.2. The van der Waals surface area contributed by atoms with Crippen molar-refractivity contribution in [2.45, 2.75) is 33.2 Å². The van der Waals surface area contributed by atoms with E-state index in [4.69, 9.17) is 4.42 Å². The molecule has 0 atom stereocenters. The molecule has 5 nitrogen and oxygen atoms in total. The number of carbonyl (C=O) groups excluding carboxylic acids is 1. The van der Waals surface area contributed by atoms with Crippen molar-refractivity contribution < 1.29 is 13.6 Å². The number of benzene rings is 1. The maximum atomic E-state index is 13.0. The van der Waals surface area contributed by atoms with Gasteiger partial charge in [-0.05, 0) is 43.7 Å². The topological polar surface area (TPSA) is 58.4 Å². The van der Waals surface area contributed by atoms with Gasteiger partial charge in [-0.2, -0.15) is 0 Å². The number of rotatable bonds is 9. The molecule has 0 unspecified atom stereocenters. The predicted molar refractivity (Wildman–Crippen MR) is 90.8 cm³/mol. The van der Waals surface area contributed by atoms with Crippen molar-refractivity contribution in [3.63, 3.8) is 0 Å². The molecule has 0 spiro atoms. The summed E-state index contributed by atoms with van der Waals surface area (Å²) in [5.74, 6) is 0.183. The van der Waals surface area contributed by atoms with Gasteiger partial charge in [-0.1, -0.05) is 13.8 Å². The molecule has 0 aliphatic heterocycles. The molecule has 0 fully saturated rings. The van der Waals surface area contributed by atoms with Crippen LogP contribution in [0.2, 0.25) is 0 Å². The molecular formula is C18H24FN3O2. The zero-order valence-corrected chi connectivity index (χ0v) is 14.2. The normalized spacial score (nSPS) is 11.0. The van der Waals surface area contributed by atoms with Gasteiger partial charge in [-0.25, -0.2) is 9.37 Å². The molecule has 1 aromatic carbocycles. The summed E-state index contributed by atoms with van der Waals surface area (Å²) in [4.78, 5) is 18.4. The van der Waals surface area contributed by atoms with Crippen LogP contribution in [0.3, 0.4) is 0 Å². The average Bonchev–Trinajstić information content (AvgIpc) is 3.02. The van der Waals surface area contributed by atoms with Crippen molar-refractivity contribution in [3.8, 4) is 11.5 Å². The highest BCUT2D eigenvalue weighted by atomic mass is 19.1. The van der Waals surface area contributed by atoms with Crippen LogP contribution in [0.25, 0.3) is 11.5 Å². The molecule has 1 heterocycles. The van der Waals surface area contributed by atoms with E-state index < -0.39 is 0 Å². The first kappa shape index (κ1) is 18.1. The second kappa shape index (κ2) is 9.17. The minimum atomic E-state index is -0.294. The number of hydrogen-bond acceptors (Lipinski definition) is 4. The fourth-order valence-electron chi connectivity index (χ4n) is 2.39. The van der Waals surface area contributed by atoms with E-state index in [1.807, 2.05) is 11.8 Å². The summed E-state index contributed by atoms with van der Waals surface area (Å²) in [6.07, 6.45) is 3.46. The first-order valence-corrected chi connectivity index (χ1v) is 8.31. The molecule has 2 rings (SSSR count). The minimum absolute atomic E-state index is 0.0209. The predicted octanol–water partition coefficient (Wildman–Crippen LogP) is 3.22. The summed E-state index contributed by atoms with van der Waals surface area (Å²) in [7, 11) is 0. The van der Waals surface area contributed by atoms with Crippen LogP contribution in [0.1, 0.15) is 32.4 Å². The highest BCUT2D eigenvalue weighted by Crippen LogP contribution is 2.19. The van der Waals surface area contributed by atoms with E-state index in [1.54, 1.807) is 18.4 Å². The first-order valence-electron chi connectivity index (χ1n) is 8.31. The van der Waals surface area contributed by atoms with Gasteiger partial charge in [0.2, 0.25) is 11.8 Å². The number of hydrogen-bond donors (Lipinski definition) is 1. The molecule has 2 aromatic rings. The van der Waals surface area contributed by atoms with Crippen LogP contribution >= 0.6 is 0 Å². The van der Waals surface area contributed by atoms with Gasteiger partial charge < -0.3 is 9.73 Å². The number of oxazole rings is 1. The van der Waals surface area contributed by atoms with Crippen LogP contribution in [0, 0.1) is 5.82 Å². The number of nitrogens with zero attached hydrogens (tertiary/aromatic N) is 2. The molecule has 6 heteroatoms. The van der Waals surface area contributed by atoms with Crippen LogP contribution in [-0.2, 0) is 11.3 Å². The average molecular weight is 333 g/mol. The van der Waals surface area contributed by atoms with Gasteiger partial charge in [0.05, 0.1) is 12.2 Å². The summed E-state index contributed by atoms with van der Waals surface area (Å²) in [5, 5.41) is 2.88. The number of carbonyl (C=O) groups is 1. The fraction of sp³-hybridized carbons (Fsp3) is 0.444. The lowest BCUT2D eigenvalue weighted by molar-refractivity contribution is -0.122. The van der Waals surface area contributed by atoms with Crippen molar-refractivity contribution in [2.24, 2.45) is 0 Å². The number of amides is 1. The van der Waals surface area contributed by atoms with Gasteiger partial charge in [0.1, 0.15) is 12.1 Å². The van der Waals surface area contributed by atoms with Gasteiger partial charge in [0.25, 0.3) is 0 Å². The van der Waals surface area contributed by atoms with E-state index in [-0.39, 0.29) is 11.7 Å². The second-order valence-electron chi connectivity index (χ2n) is 5.71. The van der Waals surface area contributed by atoms with E-state index in [2.05, 4.69) is 17.2 Å². The smallest absolute Gasteiger partial charge is 0.234 e. The molecule has 0 radical (unpaired) electrons. The largest absolute Gasteiger partial charge is 0.444 e. The third-order valence-electron chi connectivity index (χ3n) is 3.51. The summed E-state index contributed by atoms with van der Waals surface area (Å²) in [5.41, 5.74) is 1.48. The summed E-state index contributed by atoms with van der Waals surface area (Å²) < 4.78 is 18.5. The van der Waals surface area contributed by atoms with Crippen molar-refractivity contribution in [2.75, 3.05) is 19.6 Å². The van der Waals surface area contributed by atoms with Gasteiger partial charge >= 0.3 is 0 Å². The van der Waals surface area contributed by atoms with E-state index in [1.165, 1.54) is 12.1 Å². The zero-order chi connectivity index (χ0) is 17.4. The molecule has 130 valence electrons. The third-order valence-corrected chi connectivity index (χ3v) is 3.51. The van der Waals surface area contributed by atoms with Crippen molar-refractivity contribution in [1.29, 1.82) is 0 Å². The lowest BCUT2D eigenvalue weighted by Crippen LogP contribution is -2.37. The molecule has 24 heavy (non-hydrogen) atoms. The third kappa shape index (κ3) is 5.45. The molecule has 1 aromatic heterocycles. The van der Waals surface area contributed by atoms with Crippen LogP contribution in [0.5, 0.6) is 0 Å². The molecule has 0 aliphatic rings. The van der Waals surface area contributed by atoms with E-state index >= 15 is 0 Å². The lowest BCUT2D eigenvalue weighted by atomic mass is 10.2. The number of nitrogens with one attached hydrogen (secondary N) is 1. The highest BCUT2D eigenvalue weighted by Gasteiger charge is 2.13. The van der Waals surface area contributed by atoms with Gasteiger partial charge in [-0.15, -0.1) is 0 Å². The Bertz CT molecular complexity index is 640. The Morgan fingerprint density at radius 2 is 2.00 bits per heavy atom. The van der Waals surface area contributed by atoms with Crippen LogP contribution in [-0.4, -0.2) is 35.4 Å². The fourth-order valence-corrected chi connectivity index (χ4v) is 2.39. The SMILES string of the molecule is CCCNC(=O)CN(CCC)Cc1coc(-c2ccc(F)cc2)n1. The lowest BCUT2D eigenvalue weighted by Gasteiger charge is -2.19. The first-order chi connectivity index (χ1) is 11.6. The van der Waals surface area contributed by atoms with Crippen LogP contribution < -0.4 is 5.32 Å². The summed E-state index contributed by atoms with van der Waals surface area (Å²) in [6.45, 7) is 6.47. The standard InChI is InChI=1S/C18H24FN3O2/c1-3-9-20-17(23)12-22(10-4-2)11-16-13-24-18(21-16)14-5-7-15(19)8-6-14/h5-8,13H,3-4,9-12H2,1-2H3,(H,20,23). The molecule has 0 aliphatic carbocycles. The molecule has 1 N–H and O–H groups in total. The van der Waals surface area contributed by atoms with Crippen LogP contribution in [0.4, 0.5) is 4.39 Å². The molecule has 0 bridgehead atoms. The van der Waals surface area contributed by atoms with E-state index in [0.717, 1.165) is 30.6 Å². The van der Waals surface area contributed by atoms with Gasteiger partial charge in [-0.3, -0.25) is 9.69 Å². The van der Waals surface area contributed by atoms with E-state index in [0.29, 0.717) is 25.5 Å². The molecular weight excluding hydrogens is 309 g/mol. The minimum Gasteiger partial charge on any atom is -0.444 e. The molecule has 0 saturated carbocycles. The summed E-state index contributed by atoms with van der Waals surface area (Å²) in [6, 6.07) is 6.02. The molecule has 0 saturated heterocycles. The Morgan fingerprint density at radius 3 is 2.67 bits per heavy atom. The quantitative estimate of drug-likeness (QED) is 0.765.